The second kappa shape index (κ2) is 7.17. The largest absolute Gasteiger partial charge is 0.384 e. The number of sulfonamides is 1. The molecule has 0 aromatic heterocycles. The highest BCUT2D eigenvalue weighted by molar-refractivity contribution is 7.89. The summed E-state index contributed by atoms with van der Waals surface area (Å²) in [5.74, 6) is 0. The van der Waals surface area contributed by atoms with Gasteiger partial charge in [0.2, 0.25) is 10.0 Å². The van der Waals surface area contributed by atoms with E-state index in [-0.39, 0.29) is 6.04 Å². The average molecular weight is 298 g/mol. The van der Waals surface area contributed by atoms with Gasteiger partial charge in [0.15, 0.2) is 0 Å². The number of hydrogen-bond donors (Lipinski definition) is 2. The molecule has 0 amide bonds. The molecule has 0 aliphatic carbocycles. The van der Waals surface area contributed by atoms with Crippen molar-refractivity contribution in [2.24, 2.45) is 0 Å². The highest BCUT2D eigenvalue weighted by atomic mass is 32.2. The summed E-state index contributed by atoms with van der Waals surface area (Å²) in [4.78, 5) is 0.331. The van der Waals surface area contributed by atoms with Crippen LogP contribution in [0.1, 0.15) is 18.4 Å². The number of hydrogen-bond acceptors (Lipinski definition) is 4. The van der Waals surface area contributed by atoms with Crippen LogP contribution in [0.4, 0.5) is 0 Å². The topological polar surface area (TPSA) is 67.4 Å². The van der Waals surface area contributed by atoms with Crippen molar-refractivity contribution in [3.8, 4) is 0 Å². The van der Waals surface area contributed by atoms with Crippen molar-refractivity contribution in [3.05, 3.63) is 29.8 Å². The Bertz CT molecular complexity index is 508. The molecule has 1 aromatic carbocycles. The van der Waals surface area contributed by atoms with Gasteiger partial charge in [0, 0.05) is 13.2 Å². The number of piperidine rings is 1. The maximum Gasteiger partial charge on any atom is 0.240 e. The van der Waals surface area contributed by atoms with Crippen molar-refractivity contribution in [2.75, 3.05) is 26.8 Å². The minimum atomic E-state index is -3.41. The molecule has 2 N–H and O–H groups in total. The minimum Gasteiger partial charge on any atom is -0.384 e. The summed E-state index contributed by atoms with van der Waals surface area (Å²) in [5.41, 5.74) is 1.08. The van der Waals surface area contributed by atoms with Crippen LogP contribution in [0.25, 0.3) is 0 Å². The lowest BCUT2D eigenvalue weighted by atomic mass is 10.1. The summed E-state index contributed by atoms with van der Waals surface area (Å²) in [6.07, 6.45) is 2.47. The van der Waals surface area contributed by atoms with E-state index in [4.69, 9.17) is 4.74 Å². The van der Waals surface area contributed by atoms with E-state index in [9.17, 15) is 8.42 Å². The summed E-state index contributed by atoms with van der Waals surface area (Å²) in [6, 6.07) is 7.05. The monoisotopic (exact) mass is 298 g/mol. The Morgan fingerprint density at radius 1 is 1.25 bits per heavy atom. The van der Waals surface area contributed by atoms with Gasteiger partial charge in [0.1, 0.15) is 0 Å². The van der Waals surface area contributed by atoms with E-state index in [0.717, 1.165) is 37.9 Å². The number of nitrogens with one attached hydrogen (secondary N) is 2. The van der Waals surface area contributed by atoms with E-state index in [1.165, 1.54) is 0 Å². The van der Waals surface area contributed by atoms with Crippen LogP contribution in [-0.4, -0.2) is 41.3 Å². The van der Waals surface area contributed by atoms with Crippen molar-refractivity contribution in [1.29, 1.82) is 0 Å². The van der Waals surface area contributed by atoms with E-state index >= 15 is 0 Å². The predicted octanol–water partition coefficient (Wildman–Crippen LogP) is 0.906. The zero-order chi connectivity index (χ0) is 14.4. The van der Waals surface area contributed by atoms with E-state index in [1.54, 1.807) is 19.2 Å². The van der Waals surface area contributed by atoms with E-state index in [2.05, 4.69) is 10.0 Å². The molecule has 5 nitrogen and oxygen atoms in total. The molecular formula is C14H22N2O3S. The lowest BCUT2D eigenvalue weighted by Gasteiger charge is -2.23. The Labute approximate surface area is 120 Å². The fraction of sp³-hybridized carbons (Fsp3) is 0.571. The molecule has 0 bridgehead atoms. The first-order valence-corrected chi connectivity index (χ1v) is 8.41. The molecule has 0 radical (unpaired) electrons. The van der Waals surface area contributed by atoms with E-state index < -0.39 is 10.0 Å². The van der Waals surface area contributed by atoms with Gasteiger partial charge in [-0.1, -0.05) is 12.1 Å². The van der Waals surface area contributed by atoms with Gasteiger partial charge in [0.25, 0.3) is 0 Å². The standard InChI is InChI=1S/C14H22N2O3S/c1-19-11-8-12-2-4-14(5-3-12)20(17,18)16-13-6-9-15-10-7-13/h2-5,13,15-16H,6-11H2,1H3. The Hall–Kier alpha value is -0.950. The molecule has 112 valence electrons. The van der Waals surface area contributed by atoms with Crippen LogP contribution in [0.15, 0.2) is 29.2 Å². The van der Waals surface area contributed by atoms with Crippen LogP contribution in [-0.2, 0) is 21.2 Å². The van der Waals surface area contributed by atoms with Gasteiger partial charge < -0.3 is 10.1 Å². The molecule has 1 saturated heterocycles. The van der Waals surface area contributed by atoms with Gasteiger partial charge in [-0.25, -0.2) is 13.1 Å². The average Bonchev–Trinajstić information content (AvgIpc) is 2.46. The van der Waals surface area contributed by atoms with Crippen LogP contribution in [0.3, 0.4) is 0 Å². The molecule has 1 heterocycles. The summed E-state index contributed by atoms with van der Waals surface area (Å²) in [5, 5.41) is 3.22. The molecule has 0 saturated carbocycles. The van der Waals surface area contributed by atoms with Gasteiger partial charge in [0.05, 0.1) is 11.5 Å². The third kappa shape index (κ3) is 4.28. The molecule has 0 atom stereocenters. The first-order chi connectivity index (χ1) is 9.62. The molecule has 20 heavy (non-hydrogen) atoms. The molecule has 1 fully saturated rings. The first-order valence-electron chi connectivity index (χ1n) is 6.93. The zero-order valence-electron chi connectivity index (χ0n) is 11.8. The van der Waals surface area contributed by atoms with Crippen molar-refractivity contribution >= 4 is 10.0 Å². The minimum absolute atomic E-state index is 0.0365. The highest BCUT2D eigenvalue weighted by Crippen LogP contribution is 2.13. The number of methoxy groups -OCH3 is 1. The number of rotatable bonds is 6. The molecule has 1 aliphatic rings. The second-order valence-corrected chi connectivity index (χ2v) is 6.75. The second-order valence-electron chi connectivity index (χ2n) is 5.03. The summed E-state index contributed by atoms with van der Waals surface area (Å²) in [7, 11) is -1.75. The van der Waals surface area contributed by atoms with Crippen LogP contribution < -0.4 is 10.0 Å². The highest BCUT2D eigenvalue weighted by Gasteiger charge is 2.21. The van der Waals surface area contributed by atoms with Crippen LogP contribution in [0.5, 0.6) is 0 Å². The Morgan fingerprint density at radius 2 is 1.90 bits per heavy atom. The molecule has 0 spiro atoms. The smallest absolute Gasteiger partial charge is 0.240 e. The molecule has 1 aromatic rings. The quantitative estimate of drug-likeness (QED) is 0.819. The van der Waals surface area contributed by atoms with Crippen LogP contribution in [0.2, 0.25) is 0 Å². The third-order valence-electron chi connectivity index (χ3n) is 3.49. The third-order valence-corrected chi connectivity index (χ3v) is 5.03. The van der Waals surface area contributed by atoms with Crippen molar-refractivity contribution in [2.45, 2.75) is 30.2 Å². The summed E-state index contributed by atoms with van der Waals surface area (Å²) < 4.78 is 32.3. The van der Waals surface area contributed by atoms with E-state index in [1.807, 2.05) is 12.1 Å². The fourth-order valence-corrected chi connectivity index (χ4v) is 3.59. The van der Waals surface area contributed by atoms with Crippen LogP contribution >= 0.6 is 0 Å². The fourth-order valence-electron chi connectivity index (χ4n) is 2.28. The van der Waals surface area contributed by atoms with Crippen molar-refractivity contribution in [1.82, 2.24) is 10.0 Å². The van der Waals surface area contributed by atoms with E-state index in [0.29, 0.717) is 11.5 Å². The molecule has 6 heteroatoms. The summed E-state index contributed by atoms with van der Waals surface area (Å²) in [6.45, 7) is 2.37. The van der Waals surface area contributed by atoms with Crippen molar-refractivity contribution in [3.63, 3.8) is 0 Å². The Balaban J connectivity index is 2.01. The lowest BCUT2D eigenvalue weighted by Crippen LogP contribution is -2.42. The van der Waals surface area contributed by atoms with Gasteiger partial charge in [-0.2, -0.15) is 0 Å². The SMILES string of the molecule is COCCc1ccc(S(=O)(=O)NC2CCNCC2)cc1. The number of ether oxygens (including phenoxy) is 1. The zero-order valence-corrected chi connectivity index (χ0v) is 12.6. The Kier molecular flexibility index (Phi) is 5.54. The summed E-state index contributed by atoms with van der Waals surface area (Å²) >= 11 is 0. The molecule has 0 unspecified atom stereocenters. The van der Waals surface area contributed by atoms with Crippen molar-refractivity contribution < 1.29 is 13.2 Å². The first kappa shape index (κ1) is 15.4. The number of benzene rings is 1. The molecular weight excluding hydrogens is 276 g/mol. The van der Waals surface area contributed by atoms with Gasteiger partial charge in [-0.15, -0.1) is 0 Å². The van der Waals surface area contributed by atoms with Gasteiger partial charge in [-0.05, 0) is 50.0 Å². The van der Waals surface area contributed by atoms with Gasteiger partial charge in [-0.3, -0.25) is 0 Å². The maximum atomic E-state index is 12.3. The van der Waals surface area contributed by atoms with Gasteiger partial charge >= 0.3 is 0 Å². The maximum absolute atomic E-state index is 12.3. The Morgan fingerprint density at radius 3 is 2.50 bits per heavy atom. The normalized spacial score (nSPS) is 17.2. The molecule has 1 aliphatic heterocycles. The lowest BCUT2D eigenvalue weighted by molar-refractivity contribution is 0.202. The van der Waals surface area contributed by atoms with Crippen LogP contribution in [0, 0.1) is 0 Å². The predicted molar refractivity (Wildman–Crippen MR) is 78.2 cm³/mol. The molecule has 2 rings (SSSR count).